The van der Waals surface area contributed by atoms with Crippen LogP contribution in [-0.2, 0) is 4.79 Å². The largest absolute Gasteiger partial charge is 0.481 e. The van der Waals surface area contributed by atoms with E-state index in [1.165, 1.54) is 4.90 Å². The van der Waals surface area contributed by atoms with E-state index >= 15 is 0 Å². The van der Waals surface area contributed by atoms with Gasteiger partial charge in [0.15, 0.2) is 0 Å². The maximum atomic E-state index is 12.1. The second-order valence-electron chi connectivity index (χ2n) is 3.85. The average Bonchev–Trinajstić information content (AvgIpc) is 2.27. The second-order valence-corrected chi connectivity index (χ2v) is 5.62. The Labute approximate surface area is 122 Å². The molecule has 1 rings (SSSR count). The van der Waals surface area contributed by atoms with Gasteiger partial charge in [-0.3, -0.25) is 9.59 Å². The molecule has 1 aromatic rings. The molecule has 0 fully saturated rings. The van der Waals surface area contributed by atoms with Crippen LogP contribution in [0.4, 0.5) is 0 Å². The summed E-state index contributed by atoms with van der Waals surface area (Å²) in [4.78, 5) is 24.0. The molecular weight excluding hydrogens is 366 g/mol. The molecule has 0 atom stereocenters. The number of rotatable bonds is 5. The Morgan fingerprint density at radius 2 is 2.00 bits per heavy atom. The fourth-order valence-electron chi connectivity index (χ4n) is 1.44. The Hall–Kier alpha value is -0.880. The number of carbonyl (C=O) groups excluding carboxylic acids is 1. The van der Waals surface area contributed by atoms with Crippen LogP contribution in [0, 0.1) is 0 Å². The van der Waals surface area contributed by atoms with E-state index in [2.05, 4.69) is 31.9 Å². The summed E-state index contributed by atoms with van der Waals surface area (Å²) in [7, 11) is 1.67. The molecule has 4 nitrogen and oxygen atoms in total. The van der Waals surface area contributed by atoms with Gasteiger partial charge in [0.25, 0.3) is 5.91 Å². The van der Waals surface area contributed by atoms with E-state index in [0.717, 1.165) is 4.47 Å². The maximum Gasteiger partial charge on any atom is 0.303 e. The number of carboxylic acid groups (broad SMARTS) is 1. The molecule has 1 N–H and O–H groups in total. The Bertz CT molecular complexity index is 463. The van der Waals surface area contributed by atoms with Crippen molar-refractivity contribution in [3.63, 3.8) is 0 Å². The molecule has 1 aromatic carbocycles. The highest BCUT2D eigenvalue weighted by molar-refractivity contribution is 9.11. The van der Waals surface area contributed by atoms with Crippen LogP contribution in [0.1, 0.15) is 23.2 Å². The summed E-state index contributed by atoms with van der Waals surface area (Å²) >= 11 is 6.66. The lowest BCUT2D eigenvalue weighted by molar-refractivity contribution is -0.137. The first-order valence-electron chi connectivity index (χ1n) is 5.34. The maximum absolute atomic E-state index is 12.1. The Morgan fingerprint density at radius 1 is 1.33 bits per heavy atom. The monoisotopic (exact) mass is 377 g/mol. The lowest BCUT2D eigenvalue weighted by Crippen LogP contribution is -2.28. The number of aliphatic carboxylic acids is 1. The van der Waals surface area contributed by atoms with Gasteiger partial charge in [-0.1, -0.05) is 15.9 Å². The van der Waals surface area contributed by atoms with Crippen molar-refractivity contribution in [1.82, 2.24) is 4.90 Å². The highest BCUT2D eigenvalue weighted by Crippen LogP contribution is 2.23. The Kier molecular flexibility index (Phi) is 5.81. The predicted octanol–water partition coefficient (Wildman–Crippen LogP) is 3.15. The molecule has 18 heavy (non-hydrogen) atoms. The SMILES string of the molecule is CN(CCCC(=O)O)C(=O)c1ccc(Br)cc1Br. The number of benzene rings is 1. The van der Waals surface area contributed by atoms with Crippen LogP contribution in [0.2, 0.25) is 0 Å². The smallest absolute Gasteiger partial charge is 0.303 e. The van der Waals surface area contributed by atoms with E-state index in [1.807, 2.05) is 0 Å². The Morgan fingerprint density at radius 3 is 2.56 bits per heavy atom. The van der Waals surface area contributed by atoms with E-state index in [1.54, 1.807) is 25.2 Å². The molecule has 0 bridgehead atoms. The second kappa shape index (κ2) is 6.89. The highest BCUT2D eigenvalue weighted by atomic mass is 79.9. The third-order valence-electron chi connectivity index (χ3n) is 2.39. The van der Waals surface area contributed by atoms with Gasteiger partial charge in [-0.2, -0.15) is 0 Å². The van der Waals surface area contributed by atoms with E-state index in [0.29, 0.717) is 23.0 Å². The summed E-state index contributed by atoms with van der Waals surface area (Å²) in [5.41, 5.74) is 0.566. The highest BCUT2D eigenvalue weighted by Gasteiger charge is 2.14. The first kappa shape index (κ1) is 15.2. The standard InChI is InChI=1S/C12H13Br2NO3/c1-15(6-2-3-11(16)17)12(18)9-5-4-8(13)7-10(9)14/h4-5,7H,2-3,6H2,1H3,(H,16,17). The lowest BCUT2D eigenvalue weighted by atomic mass is 10.2. The first-order valence-corrected chi connectivity index (χ1v) is 6.92. The molecule has 0 saturated heterocycles. The van der Waals surface area contributed by atoms with Crippen LogP contribution < -0.4 is 0 Å². The van der Waals surface area contributed by atoms with Gasteiger partial charge in [0.05, 0.1) is 5.56 Å². The van der Waals surface area contributed by atoms with Crippen LogP contribution >= 0.6 is 31.9 Å². The van der Waals surface area contributed by atoms with Gasteiger partial charge in [-0.25, -0.2) is 0 Å². The number of hydrogen-bond donors (Lipinski definition) is 1. The summed E-state index contributed by atoms with van der Waals surface area (Å²) in [5.74, 6) is -0.972. The summed E-state index contributed by atoms with van der Waals surface area (Å²) in [6.45, 7) is 0.424. The predicted molar refractivity (Wildman–Crippen MR) is 75.7 cm³/mol. The topological polar surface area (TPSA) is 57.6 Å². The van der Waals surface area contributed by atoms with Crippen molar-refractivity contribution < 1.29 is 14.7 Å². The minimum absolute atomic E-state index is 0.0686. The van der Waals surface area contributed by atoms with Crippen molar-refractivity contribution in [2.24, 2.45) is 0 Å². The molecule has 0 radical (unpaired) electrons. The molecule has 0 aliphatic rings. The van der Waals surface area contributed by atoms with Crippen LogP contribution in [0.5, 0.6) is 0 Å². The van der Waals surface area contributed by atoms with Crippen molar-refractivity contribution >= 4 is 43.7 Å². The van der Waals surface area contributed by atoms with Gasteiger partial charge in [-0.15, -0.1) is 0 Å². The average molecular weight is 379 g/mol. The van der Waals surface area contributed by atoms with Gasteiger partial charge >= 0.3 is 5.97 Å². The van der Waals surface area contributed by atoms with Crippen LogP contribution in [0.25, 0.3) is 0 Å². The van der Waals surface area contributed by atoms with Crippen LogP contribution in [-0.4, -0.2) is 35.5 Å². The normalized spacial score (nSPS) is 10.2. The Balaban J connectivity index is 2.65. The summed E-state index contributed by atoms with van der Waals surface area (Å²) in [5, 5.41) is 8.54. The molecule has 0 aromatic heterocycles. The summed E-state index contributed by atoms with van der Waals surface area (Å²) in [6, 6.07) is 5.33. The number of hydrogen-bond acceptors (Lipinski definition) is 2. The molecule has 0 heterocycles. The van der Waals surface area contributed by atoms with Gasteiger partial charge in [-0.05, 0) is 40.5 Å². The van der Waals surface area contributed by atoms with Crippen molar-refractivity contribution in [3.05, 3.63) is 32.7 Å². The molecule has 6 heteroatoms. The quantitative estimate of drug-likeness (QED) is 0.856. The third-order valence-corrected chi connectivity index (χ3v) is 3.54. The number of nitrogens with zero attached hydrogens (tertiary/aromatic N) is 1. The molecule has 0 spiro atoms. The zero-order chi connectivity index (χ0) is 13.7. The van der Waals surface area contributed by atoms with Crippen molar-refractivity contribution in [2.75, 3.05) is 13.6 Å². The van der Waals surface area contributed by atoms with Crippen molar-refractivity contribution in [2.45, 2.75) is 12.8 Å². The molecule has 0 aliphatic carbocycles. The van der Waals surface area contributed by atoms with E-state index in [-0.39, 0.29) is 12.3 Å². The number of carboxylic acids is 1. The number of amides is 1. The minimum Gasteiger partial charge on any atom is -0.481 e. The van der Waals surface area contributed by atoms with Crippen molar-refractivity contribution in [3.8, 4) is 0 Å². The zero-order valence-corrected chi connectivity index (χ0v) is 13.0. The van der Waals surface area contributed by atoms with E-state index < -0.39 is 5.97 Å². The van der Waals surface area contributed by atoms with Gasteiger partial charge in [0.2, 0.25) is 0 Å². The van der Waals surface area contributed by atoms with E-state index in [9.17, 15) is 9.59 Å². The minimum atomic E-state index is -0.847. The summed E-state index contributed by atoms with van der Waals surface area (Å²) in [6.07, 6.45) is 0.519. The van der Waals surface area contributed by atoms with Crippen LogP contribution in [0.15, 0.2) is 27.1 Å². The molecular formula is C12H13Br2NO3. The first-order chi connectivity index (χ1) is 8.41. The number of carbonyl (C=O) groups is 2. The number of halogens is 2. The molecule has 0 aliphatic heterocycles. The fraction of sp³-hybridized carbons (Fsp3) is 0.333. The van der Waals surface area contributed by atoms with E-state index in [4.69, 9.17) is 5.11 Å². The van der Waals surface area contributed by atoms with Gasteiger partial charge in [0.1, 0.15) is 0 Å². The molecule has 98 valence electrons. The third kappa shape index (κ3) is 4.42. The van der Waals surface area contributed by atoms with Crippen LogP contribution in [0.3, 0.4) is 0 Å². The van der Waals surface area contributed by atoms with Gasteiger partial charge in [0, 0.05) is 29.0 Å². The molecule has 1 amide bonds. The molecule has 0 saturated carbocycles. The molecule has 0 unspecified atom stereocenters. The van der Waals surface area contributed by atoms with Gasteiger partial charge < -0.3 is 10.0 Å². The zero-order valence-electron chi connectivity index (χ0n) is 9.82. The lowest BCUT2D eigenvalue weighted by Gasteiger charge is -2.17. The summed E-state index contributed by atoms with van der Waals surface area (Å²) < 4.78 is 1.60. The fourth-order valence-corrected chi connectivity index (χ4v) is 2.65. The van der Waals surface area contributed by atoms with Crippen molar-refractivity contribution in [1.29, 1.82) is 0 Å².